The van der Waals surface area contributed by atoms with Gasteiger partial charge < -0.3 is 9.84 Å². The van der Waals surface area contributed by atoms with Gasteiger partial charge in [0.15, 0.2) is 11.6 Å². The Hall–Kier alpha value is -4.80. The zero-order valence-corrected chi connectivity index (χ0v) is 27.0. The molecule has 1 unspecified atom stereocenters. The molecule has 0 aromatic carbocycles. The third-order valence-electron chi connectivity index (χ3n) is 10.6. The van der Waals surface area contributed by atoms with E-state index >= 15 is 0 Å². The fourth-order valence-electron chi connectivity index (χ4n) is 8.19. The molecule has 0 saturated carbocycles. The topological polar surface area (TPSA) is 144 Å². The van der Waals surface area contributed by atoms with Crippen molar-refractivity contribution in [2.24, 2.45) is 39.6 Å². The molecule has 6 heterocycles. The normalized spacial score (nSPS) is 25.2. The van der Waals surface area contributed by atoms with E-state index in [1.165, 1.54) is 7.11 Å². The maximum Gasteiger partial charge on any atom is 0.321 e. The number of nitrogens with zero attached hydrogens (tertiary/aromatic N) is 4. The molecule has 0 amide bonds. The average molecular weight is 624 g/mol. The number of methoxy groups -OCH3 is 1. The summed E-state index contributed by atoms with van der Waals surface area (Å²) < 4.78 is 8.88. The summed E-state index contributed by atoms with van der Waals surface area (Å²) in [5, 5.41) is 10.9. The second kappa shape index (κ2) is 10.4. The molecule has 0 radical (unpaired) electrons. The Bertz CT molecular complexity index is 2070. The van der Waals surface area contributed by atoms with Crippen molar-refractivity contribution in [3.8, 4) is 0 Å². The maximum atomic E-state index is 14.4. The van der Waals surface area contributed by atoms with Crippen LogP contribution in [-0.2, 0) is 14.3 Å². The smallest absolute Gasteiger partial charge is 0.321 e. The van der Waals surface area contributed by atoms with Crippen LogP contribution in [0.1, 0.15) is 90.2 Å². The Kier molecular flexibility index (Phi) is 6.73. The van der Waals surface area contributed by atoms with Gasteiger partial charge in [-0.15, -0.1) is 0 Å². The first-order valence-corrected chi connectivity index (χ1v) is 15.8. The lowest BCUT2D eigenvalue weighted by molar-refractivity contribution is -0.142. The molecule has 7 rings (SSSR count). The third-order valence-corrected chi connectivity index (χ3v) is 10.6. The van der Waals surface area contributed by atoms with E-state index in [-0.39, 0.29) is 48.1 Å². The molecule has 2 aromatic rings. The van der Waals surface area contributed by atoms with Crippen LogP contribution in [0.5, 0.6) is 0 Å². The summed E-state index contributed by atoms with van der Waals surface area (Å²) in [7, 11) is 1.26. The van der Waals surface area contributed by atoms with Crippen molar-refractivity contribution in [3.63, 3.8) is 0 Å². The fraction of sp³-hybridized carbons (Fsp3) is 0.429. The van der Waals surface area contributed by atoms with Gasteiger partial charge in [0, 0.05) is 58.3 Å². The van der Waals surface area contributed by atoms with E-state index in [0.29, 0.717) is 55.8 Å². The molecule has 6 bridgehead atoms. The minimum Gasteiger partial charge on any atom is -0.481 e. The van der Waals surface area contributed by atoms with E-state index < -0.39 is 17.9 Å². The highest BCUT2D eigenvalue weighted by Crippen LogP contribution is 2.43. The lowest BCUT2D eigenvalue weighted by Crippen LogP contribution is -2.42. The Balaban J connectivity index is 1.69. The van der Waals surface area contributed by atoms with Crippen molar-refractivity contribution in [1.82, 2.24) is 9.35 Å². The van der Waals surface area contributed by atoms with Gasteiger partial charge in [0.25, 0.3) is 0 Å². The minimum absolute atomic E-state index is 0.0925. The number of ketones is 2. The first kappa shape index (κ1) is 29.9. The molecule has 0 spiro atoms. The van der Waals surface area contributed by atoms with Crippen LogP contribution in [0, 0.1) is 43.4 Å². The first-order valence-electron chi connectivity index (χ1n) is 15.8. The van der Waals surface area contributed by atoms with Gasteiger partial charge in [0.2, 0.25) is 0 Å². The molecular formula is C35H37N5O6. The zero-order valence-electron chi connectivity index (χ0n) is 27.0. The summed E-state index contributed by atoms with van der Waals surface area (Å²) >= 11 is 0. The number of carboxylic acid groups (broad SMARTS) is 1. The summed E-state index contributed by atoms with van der Waals surface area (Å²) in [6, 6.07) is 0. The monoisotopic (exact) mass is 623 g/mol. The molecule has 5 aliphatic rings. The molecule has 4 aliphatic heterocycles. The van der Waals surface area contributed by atoms with Gasteiger partial charge in [-0.3, -0.25) is 29.2 Å². The van der Waals surface area contributed by atoms with E-state index in [9.17, 15) is 24.3 Å². The number of Topliss-reactive ketones (excluding diaryl/α,β-unsaturated/α-hetero) is 2. The number of esters is 1. The summed E-state index contributed by atoms with van der Waals surface area (Å²) in [5.74, 6) is -3.77. The largest absolute Gasteiger partial charge is 0.481 e. The molecular weight excluding hydrogens is 586 g/mol. The van der Waals surface area contributed by atoms with Crippen LogP contribution in [0.4, 0.5) is 0 Å². The number of allylic oxidation sites excluding steroid dienone is 2. The van der Waals surface area contributed by atoms with Crippen LogP contribution >= 0.6 is 0 Å². The van der Waals surface area contributed by atoms with Crippen LogP contribution < -0.4 is 16.2 Å². The molecule has 0 saturated heterocycles. The quantitative estimate of drug-likeness (QED) is 0.285. The fourth-order valence-corrected chi connectivity index (χ4v) is 8.19. The SMILES string of the molecule is CC[C@H]1C2=NC(=Cc3c(C(C)=O)c(C)c4n3Nn3c(c(C)c5c3=C(C3=NC(=C4)[C@@H](C)[C@@H]3CCC(=O)O)C(C(=O)OC)C5=O)=C2)[C@@H]1C. The zero-order chi connectivity index (χ0) is 32.9. The number of nitrogens with one attached hydrogen (secondary N) is 1. The number of aliphatic imine (C=N–C) groups is 2. The van der Waals surface area contributed by atoms with Crippen LogP contribution in [0.3, 0.4) is 0 Å². The molecule has 238 valence electrons. The predicted octanol–water partition coefficient (Wildman–Crippen LogP) is 3.43. The molecule has 5 atom stereocenters. The molecule has 2 N–H and O–H groups in total. The van der Waals surface area contributed by atoms with E-state index in [1.807, 2.05) is 48.4 Å². The Morgan fingerprint density at radius 2 is 1.65 bits per heavy atom. The third kappa shape index (κ3) is 3.96. The van der Waals surface area contributed by atoms with Gasteiger partial charge in [0.1, 0.15) is 5.92 Å². The molecule has 46 heavy (non-hydrogen) atoms. The van der Waals surface area contributed by atoms with Gasteiger partial charge in [0.05, 0.1) is 40.5 Å². The highest BCUT2D eigenvalue weighted by molar-refractivity contribution is 6.35. The highest BCUT2D eigenvalue weighted by Gasteiger charge is 2.48. The molecule has 2 aromatic heterocycles. The molecule has 1 aliphatic carbocycles. The van der Waals surface area contributed by atoms with Gasteiger partial charge in [-0.25, -0.2) is 14.9 Å². The number of aromatic nitrogens is 2. The van der Waals surface area contributed by atoms with Crippen LogP contribution in [-0.4, -0.2) is 56.5 Å². The van der Waals surface area contributed by atoms with Crippen molar-refractivity contribution in [1.29, 1.82) is 0 Å². The van der Waals surface area contributed by atoms with Gasteiger partial charge in [-0.2, -0.15) is 0 Å². The summed E-state index contributed by atoms with van der Waals surface area (Å²) in [6.45, 7) is 11.6. The number of aliphatic carboxylic acids is 1. The van der Waals surface area contributed by atoms with Gasteiger partial charge in [-0.1, -0.05) is 20.8 Å². The number of hydrogen-bond acceptors (Lipinski definition) is 8. The van der Waals surface area contributed by atoms with Crippen molar-refractivity contribution in [3.05, 3.63) is 55.7 Å². The van der Waals surface area contributed by atoms with Crippen molar-refractivity contribution >= 4 is 58.7 Å². The van der Waals surface area contributed by atoms with E-state index in [2.05, 4.69) is 19.4 Å². The van der Waals surface area contributed by atoms with Crippen LogP contribution in [0.2, 0.25) is 0 Å². The van der Waals surface area contributed by atoms with E-state index in [4.69, 9.17) is 14.7 Å². The minimum atomic E-state index is -1.25. The number of carbonyl (C=O) groups excluding carboxylic acids is 3. The first-order chi connectivity index (χ1) is 21.9. The Labute approximate surface area is 265 Å². The molecule has 0 fully saturated rings. The number of rotatable bonds is 6. The van der Waals surface area contributed by atoms with Crippen LogP contribution in [0.15, 0.2) is 21.4 Å². The number of carboxylic acids is 1. The van der Waals surface area contributed by atoms with Crippen molar-refractivity contribution in [2.75, 3.05) is 12.6 Å². The number of ether oxygens (including phenoxy) is 1. The molecule has 11 nitrogen and oxygen atoms in total. The standard InChI is InChI=1S/C35H37N5O6/c1-8-19-14(2)21-12-26-28(18(6)41)16(4)24-11-22-15(3)20(9-10-27(42)43)32(37-22)30-31(35(45)46-7)34(44)29-17(5)25(13-23(19)36-21)40(33(29)30)38-39(24)26/h11-15,19-20,31,38H,8-10H2,1-7H3,(H,42,43)/t14-,15+,19-,20+,31?/m1/s1. The number of carbonyl (C=O) groups is 4. The molecule has 11 heteroatoms. The summed E-state index contributed by atoms with van der Waals surface area (Å²) in [4.78, 5) is 63.1. The van der Waals surface area contributed by atoms with Gasteiger partial charge >= 0.3 is 11.9 Å². The average Bonchev–Trinajstić information content (AvgIpc) is 3.72. The van der Waals surface area contributed by atoms with Gasteiger partial charge in [-0.05, 0) is 63.0 Å². The van der Waals surface area contributed by atoms with Crippen LogP contribution in [0.25, 0.3) is 23.8 Å². The summed E-state index contributed by atoms with van der Waals surface area (Å²) in [5.41, 5.74) is 10.7. The summed E-state index contributed by atoms with van der Waals surface area (Å²) in [6.07, 6.45) is 6.95. The Morgan fingerprint density at radius 1 is 0.978 bits per heavy atom. The van der Waals surface area contributed by atoms with Crippen molar-refractivity contribution < 1.29 is 29.0 Å². The lowest BCUT2D eigenvalue weighted by Gasteiger charge is -2.21. The van der Waals surface area contributed by atoms with E-state index in [0.717, 1.165) is 23.4 Å². The maximum absolute atomic E-state index is 14.4. The second-order valence-corrected chi connectivity index (χ2v) is 13.0. The lowest BCUT2D eigenvalue weighted by atomic mass is 9.81. The second-order valence-electron chi connectivity index (χ2n) is 13.0. The van der Waals surface area contributed by atoms with Crippen molar-refractivity contribution in [2.45, 2.75) is 60.8 Å². The predicted molar refractivity (Wildman–Crippen MR) is 173 cm³/mol. The Morgan fingerprint density at radius 3 is 2.30 bits per heavy atom. The highest BCUT2D eigenvalue weighted by atomic mass is 16.5. The number of hydrogen-bond donors (Lipinski definition) is 2. The number of fused-ring (bicyclic) bond motifs is 3. The van der Waals surface area contributed by atoms with E-state index in [1.54, 1.807) is 6.92 Å².